The van der Waals surface area contributed by atoms with Gasteiger partial charge in [-0.1, -0.05) is 0 Å². The Hall–Kier alpha value is -2.96. The molecule has 4 rings (SSSR count). The molecule has 200 valence electrons. The molecule has 1 atom stereocenters. The molecule has 2 aromatic rings. The largest absolute Gasteiger partial charge is 0.490 e. The van der Waals surface area contributed by atoms with E-state index < -0.39 is 23.5 Å². The average Bonchev–Trinajstić information content (AvgIpc) is 3.28. The molecule has 0 bridgehead atoms. The van der Waals surface area contributed by atoms with Crippen molar-refractivity contribution >= 4 is 11.9 Å². The highest BCUT2D eigenvalue weighted by molar-refractivity contribution is 5.84. The number of carbonyl (C=O) groups is 2. The van der Waals surface area contributed by atoms with Gasteiger partial charge >= 0.3 is 12.1 Å². The third kappa shape index (κ3) is 6.42. The zero-order valence-corrected chi connectivity index (χ0v) is 20.2. The molecule has 2 aliphatic rings. The van der Waals surface area contributed by atoms with E-state index in [1.807, 2.05) is 33.0 Å². The van der Waals surface area contributed by atoms with E-state index in [0.29, 0.717) is 32.6 Å². The number of piperidine rings is 2. The van der Waals surface area contributed by atoms with E-state index in [1.54, 1.807) is 20.7 Å². The lowest BCUT2D eigenvalue weighted by Crippen LogP contribution is -2.60. The van der Waals surface area contributed by atoms with Crippen molar-refractivity contribution in [3.05, 3.63) is 41.1 Å². The van der Waals surface area contributed by atoms with Crippen LogP contribution in [0.1, 0.15) is 42.0 Å². The number of likely N-dealkylation sites (tertiary alicyclic amines) is 2. The number of aromatic nitrogens is 2. The van der Waals surface area contributed by atoms with Crippen LogP contribution in [-0.4, -0.2) is 68.3 Å². The first-order valence-electron chi connectivity index (χ1n) is 11.3. The number of carboxylic acid groups (broad SMARTS) is 1. The third-order valence-electron chi connectivity index (χ3n) is 6.46. The molecule has 4 heterocycles. The van der Waals surface area contributed by atoms with Crippen LogP contribution < -0.4 is 0 Å². The Bertz CT molecular complexity index is 1100. The number of hydrogen-bond acceptors (Lipinski definition) is 5. The number of amides is 1. The van der Waals surface area contributed by atoms with Crippen molar-refractivity contribution < 1.29 is 41.1 Å². The molecule has 2 aromatic heterocycles. The number of aliphatic carboxylic acids is 1. The lowest BCUT2D eigenvalue weighted by Gasteiger charge is -2.49. The fourth-order valence-corrected chi connectivity index (χ4v) is 4.97. The summed E-state index contributed by atoms with van der Waals surface area (Å²) < 4.78 is 68.3. The molecule has 0 aromatic carbocycles. The van der Waals surface area contributed by atoms with Crippen molar-refractivity contribution in [2.75, 3.05) is 19.6 Å². The van der Waals surface area contributed by atoms with Crippen LogP contribution in [0.15, 0.2) is 22.8 Å². The van der Waals surface area contributed by atoms with Crippen molar-refractivity contribution in [2.24, 2.45) is 12.5 Å². The van der Waals surface area contributed by atoms with Gasteiger partial charge in [-0.25, -0.2) is 13.6 Å². The van der Waals surface area contributed by atoms with Crippen LogP contribution in [0.5, 0.6) is 0 Å². The minimum atomic E-state index is -5.08. The maximum absolute atomic E-state index is 14.8. The Labute approximate surface area is 204 Å². The number of aryl methyl sites for hydroxylation is 3. The van der Waals surface area contributed by atoms with E-state index in [4.69, 9.17) is 14.3 Å². The summed E-state index contributed by atoms with van der Waals surface area (Å²) in [6, 6.07) is 3.76. The molecular formula is C23H29F5N4O4. The zero-order chi connectivity index (χ0) is 26.9. The number of furan rings is 1. The van der Waals surface area contributed by atoms with Gasteiger partial charge in [0, 0.05) is 38.7 Å². The van der Waals surface area contributed by atoms with Crippen LogP contribution in [0.25, 0.3) is 0 Å². The minimum absolute atomic E-state index is 0.157. The summed E-state index contributed by atoms with van der Waals surface area (Å²) in [5.74, 6) is -5.07. The summed E-state index contributed by atoms with van der Waals surface area (Å²) in [6.45, 7) is 5.13. The number of nitrogens with zero attached hydrogens (tertiary/aromatic N) is 4. The van der Waals surface area contributed by atoms with E-state index in [-0.39, 0.29) is 18.9 Å². The zero-order valence-electron chi connectivity index (χ0n) is 20.2. The highest BCUT2D eigenvalue weighted by atomic mass is 19.4. The Morgan fingerprint density at radius 2 is 1.89 bits per heavy atom. The van der Waals surface area contributed by atoms with Gasteiger partial charge in [0.2, 0.25) is 5.91 Å². The van der Waals surface area contributed by atoms with E-state index in [2.05, 4.69) is 5.10 Å². The lowest BCUT2D eigenvalue weighted by atomic mass is 9.71. The highest BCUT2D eigenvalue weighted by Crippen LogP contribution is 2.45. The predicted octanol–water partition coefficient (Wildman–Crippen LogP) is 3.91. The van der Waals surface area contributed by atoms with Crippen LogP contribution >= 0.6 is 0 Å². The topological polar surface area (TPSA) is 91.8 Å². The standard InChI is InChI=1S/C21H28F2N4O2.C2HF3O2/c1-15-9-18(25(3)24-15)11-27-7-4-6-20(19(27)28)12-21(22,23)14-26(13-20)10-17-5-8-29-16(17)2;3-2(4,5)1(6)7/h5,8-9H,4,6-7,10-14H2,1-3H3;(H,6,7). The van der Waals surface area contributed by atoms with Crippen LogP contribution in [0.3, 0.4) is 0 Å². The smallest absolute Gasteiger partial charge is 0.475 e. The van der Waals surface area contributed by atoms with Gasteiger partial charge in [0.05, 0.1) is 36.2 Å². The second-order valence-corrected chi connectivity index (χ2v) is 9.49. The van der Waals surface area contributed by atoms with Crippen molar-refractivity contribution in [2.45, 2.75) is 58.3 Å². The molecule has 2 aliphatic heterocycles. The van der Waals surface area contributed by atoms with Gasteiger partial charge in [-0.15, -0.1) is 0 Å². The van der Waals surface area contributed by atoms with Gasteiger partial charge in [-0.2, -0.15) is 18.3 Å². The van der Waals surface area contributed by atoms with Crippen molar-refractivity contribution in [1.29, 1.82) is 0 Å². The summed E-state index contributed by atoms with van der Waals surface area (Å²) in [7, 11) is 1.84. The molecule has 2 saturated heterocycles. The Morgan fingerprint density at radius 3 is 2.42 bits per heavy atom. The van der Waals surface area contributed by atoms with Crippen LogP contribution in [0, 0.1) is 19.3 Å². The Morgan fingerprint density at radius 1 is 1.22 bits per heavy atom. The SMILES string of the molecule is Cc1cc(CN2CCCC3(CN(Cc4ccoc4C)CC(F)(F)C3)C2=O)n(C)n1.O=C(O)C(F)(F)F. The number of hydrogen-bond donors (Lipinski definition) is 1. The predicted molar refractivity (Wildman–Crippen MR) is 117 cm³/mol. The second-order valence-electron chi connectivity index (χ2n) is 9.49. The second kappa shape index (κ2) is 10.2. The molecule has 13 heteroatoms. The van der Waals surface area contributed by atoms with Gasteiger partial charge in [0.25, 0.3) is 5.92 Å². The summed E-state index contributed by atoms with van der Waals surface area (Å²) in [6.07, 6.45) is -2.65. The van der Waals surface area contributed by atoms with Crippen LogP contribution in [-0.2, 0) is 29.7 Å². The molecule has 1 spiro atoms. The molecule has 2 fully saturated rings. The fourth-order valence-electron chi connectivity index (χ4n) is 4.97. The number of halogens is 5. The first-order chi connectivity index (χ1) is 16.6. The number of alkyl halides is 5. The van der Waals surface area contributed by atoms with Gasteiger partial charge in [-0.3, -0.25) is 14.4 Å². The average molecular weight is 520 g/mol. The van der Waals surface area contributed by atoms with Crippen LogP contribution in [0.4, 0.5) is 22.0 Å². The normalized spacial score (nSPS) is 22.4. The summed E-state index contributed by atoms with van der Waals surface area (Å²) in [5.41, 5.74) is 1.66. The highest BCUT2D eigenvalue weighted by Gasteiger charge is 2.55. The fraction of sp³-hybridized carbons (Fsp3) is 0.609. The lowest BCUT2D eigenvalue weighted by molar-refractivity contribution is -0.192. The van der Waals surface area contributed by atoms with Gasteiger partial charge < -0.3 is 14.4 Å². The molecule has 1 unspecified atom stereocenters. The number of rotatable bonds is 4. The Balaban J connectivity index is 0.000000454. The molecule has 36 heavy (non-hydrogen) atoms. The first-order valence-corrected chi connectivity index (χ1v) is 11.3. The van der Waals surface area contributed by atoms with Crippen molar-refractivity contribution in [3.63, 3.8) is 0 Å². The quantitative estimate of drug-likeness (QED) is 0.615. The molecule has 0 aliphatic carbocycles. The maximum atomic E-state index is 14.8. The number of carbonyl (C=O) groups excluding carboxylic acids is 1. The molecule has 8 nitrogen and oxygen atoms in total. The number of carboxylic acids is 1. The summed E-state index contributed by atoms with van der Waals surface area (Å²) >= 11 is 0. The maximum Gasteiger partial charge on any atom is 0.490 e. The van der Waals surface area contributed by atoms with Gasteiger partial charge in [-0.05, 0) is 38.8 Å². The third-order valence-corrected chi connectivity index (χ3v) is 6.46. The molecule has 0 saturated carbocycles. The van der Waals surface area contributed by atoms with Crippen LogP contribution in [0.2, 0.25) is 0 Å². The molecule has 1 amide bonds. The summed E-state index contributed by atoms with van der Waals surface area (Å²) in [5, 5.41) is 11.5. The molecular weight excluding hydrogens is 491 g/mol. The van der Waals surface area contributed by atoms with E-state index in [1.165, 1.54) is 0 Å². The minimum Gasteiger partial charge on any atom is -0.475 e. The monoisotopic (exact) mass is 520 g/mol. The van der Waals surface area contributed by atoms with Gasteiger partial charge in [0.15, 0.2) is 0 Å². The van der Waals surface area contributed by atoms with Crippen molar-refractivity contribution in [1.82, 2.24) is 19.6 Å². The summed E-state index contributed by atoms with van der Waals surface area (Å²) in [4.78, 5) is 25.8. The van der Waals surface area contributed by atoms with E-state index >= 15 is 0 Å². The Kier molecular flexibility index (Phi) is 7.82. The molecule has 1 N–H and O–H groups in total. The van der Waals surface area contributed by atoms with Gasteiger partial charge in [0.1, 0.15) is 5.76 Å². The molecule has 0 radical (unpaired) electrons. The van der Waals surface area contributed by atoms with E-state index in [9.17, 15) is 26.7 Å². The van der Waals surface area contributed by atoms with E-state index in [0.717, 1.165) is 29.1 Å². The van der Waals surface area contributed by atoms with Crippen molar-refractivity contribution in [3.8, 4) is 0 Å². The first kappa shape index (κ1) is 27.6.